The van der Waals surface area contributed by atoms with Gasteiger partial charge in [0.05, 0.1) is 28.2 Å². The van der Waals surface area contributed by atoms with E-state index in [2.05, 4.69) is 26.5 Å². The summed E-state index contributed by atoms with van der Waals surface area (Å²) >= 11 is 1.66. The van der Waals surface area contributed by atoms with Crippen LogP contribution in [0.25, 0.3) is 32.5 Å². The third kappa shape index (κ3) is 6.75. The first kappa shape index (κ1) is 28.4. The highest BCUT2D eigenvalue weighted by molar-refractivity contribution is 7.88. The molecule has 4 aromatic rings. The van der Waals surface area contributed by atoms with Crippen molar-refractivity contribution in [1.82, 2.24) is 34.9 Å². The van der Waals surface area contributed by atoms with Crippen molar-refractivity contribution in [3.63, 3.8) is 0 Å². The fourth-order valence-electron chi connectivity index (χ4n) is 4.93. The summed E-state index contributed by atoms with van der Waals surface area (Å²) in [5.74, 6) is 1.06. The van der Waals surface area contributed by atoms with Crippen LogP contribution in [0.3, 0.4) is 0 Å². The first-order valence-electron chi connectivity index (χ1n) is 13.4. The third-order valence-corrected chi connectivity index (χ3v) is 9.49. The largest absolute Gasteiger partial charge is 0.369 e. The maximum atomic E-state index is 11.9. The highest BCUT2D eigenvalue weighted by Gasteiger charge is 2.24. The number of rotatable bonds is 12. The van der Waals surface area contributed by atoms with E-state index in [1.807, 2.05) is 18.2 Å². The Hall–Kier alpha value is -3.17. The van der Waals surface area contributed by atoms with Gasteiger partial charge < -0.3 is 5.32 Å². The van der Waals surface area contributed by atoms with Gasteiger partial charge in [0.25, 0.3) is 0 Å². The lowest BCUT2D eigenvalue weighted by Gasteiger charge is -2.32. The van der Waals surface area contributed by atoms with Crippen molar-refractivity contribution in [2.45, 2.75) is 38.6 Å². The molecule has 0 spiro atoms. The number of unbranched alkanes of at least 4 members (excludes halogenated alkanes) is 3. The quantitative estimate of drug-likeness (QED) is 0.111. The summed E-state index contributed by atoms with van der Waals surface area (Å²) in [5, 5.41) is 20.3. The van der Waals surface area contributed by atoms with Gasteiger partial charge >= 0.3 is 0 Å². The molecule has 4 N–H and O–H groups in total. The van der Waals surface area contributed by atoms with Gasteiger partial charge in [-0.25, -0.2) is 23.9 Å². The maximum absolute atomic E-state index is 11.9. The molecule has 0 aliphatic carbocycles. The zero-order chi connectivity index (χ0) is 28.1. The molecule has 40 heavy (non-hydrogen) atoms. The molecular weight excluding hydrogens is 552 g/mol. The molecule has 1 aromatic carbocycles. The van der Waals surface area contributed by atoms with E-state index < -0.39 is 10.0 Å². The van der Waals surface area contributed by atoms with Crippen LogP contribution in [0, 0.1) is 0 Å². The molecule has 3 aromatic heterocycles. The minimum Gasteiger partial charge on any atom is -0.369 e. The van der Waals surface area contributed by atoms with Crippen LogP contribution in [0.5, 0.6) is 0 Å². The second-order valence-electron chi connectivity index (χ2n) is 10.0. The summed E-state index contributed by atoms with van der Waals surface area (Å²) in [6.45, 7) is 3.83. The van der Waals surface area contributed by atoms with Crippen LogP contribution in [0.1, 0.15) is 37.0 Å². The van der Waals surface area contributed by atoms with Crippen molar-refractivity contribution in [2.75, 3.05) is 44.3 Å². The van der Waals surface area contributed by atoms with Gasteiger partial charge in [0, 0.05) is 61.5 Å². The number of hydrogen-bond acceptors (Lipinski definition) is 10. The van der Waals surface area contributed by atoms with Crippen molar-refractivity contribution < 1.29 is 18.4 Å². The van der Waals surface area contributed by atoms with Crippen LogP contribution in [0.2, 0.25) is 0 Å². The van der Waals surface area contributed by atoms with Crippen LogP contribution in [0.4, 0.5) is 5.82 Å². The van der Waals surface area contributed by atoms with Crippen LogP contribution in [0.15, 0.2) is 30.5 Å². The molecule has 214 valence electrons. The van der Waals surface area contributed by atoms with Crippen LogP contribution >= 0.6 is 11.3 Å². The molecule has 1 aliphatic heterocycles. The van der Waals surface area contributed by atoms with E-state index in [9.17, 15) is 13.2 Å². The molecule has 12 nitrogen and oxygen atoms in total. The van der Waals surface area contributed by atoms with Gasteiger partial charge in [-0.05, 0) is 25.0 Å². The van der Waals surface area contributed by atoms with E-state index in [-0.39, 0.29) is 5.91 Å². The number of H-pyrrole nitrogens is 1. The van der Waals surface area contributed by atoms with Gasteiger partial charge in [-0.3, -0.25) is 20.0 Å². The summed E-state index contributed by atoms with van der Waals surface area (Å²) in [6, 6.07) is 8.05. The number of anilines is 1. The summed E-state index contributed by atoms with van der Waals surface area (Å²) in [6.07, 6.45) is 6.88. The predicted molar refractivity (Wildman–Crippen MR) is 156 cm³/mol. The van der Waals surface area contributed by atoms with Gasteiger partial charge in [0.15, 0.2) is 5.82 Å². The number of aromatic nitrogens is 4. The molecule has 4 heterocycles. The molecule has 0 radical (unpaired) electrons. The molecular formula is C26H34N8O4S2. The number of fused-ring (bicyclic) bond motifs is 2. The van der Waals surface area contributed by atoms with Crippen molar-refractivity contribution >= 4 is 54.2 Å². The number of carbonyl (C=O) groups excluding carboxylic acids is 1. The van der Waals surface area contributed by atoms with E-state index >= 15 is 0 Å². The highest BCUT2D eigenvalue weighted by Crippen LogP contribution is 2.34. The van der Waals surface area contributed by atoms with Crippen molar-refractivity contribution in [3.8, 4) is 11.4 Å². The number of nitrogens with one attached hydrogen (secondary N) is 3. The zero-order valence-electron chi connectivity index (χ0n) is 22.4. The third-order valence-electron chi connectivity index (χ3n) is 7.08. The van der Waals surface area contributed by atoms with Gasteiger partial charge in [0.2, 0.25) is 15.9 Å². The molecule has 0 saturated carbocycles. The lowest BCUT2D eigenvalue weighted by molar-refractivity contribution is -0.129. The van der Waals surface area contributed by atoms with Gasteiger partial charge in [-0.1, -0.05) is 25.0 Å². The van der Waals surface area contributed by atoms with Gasteiger partial charge in [-0.2, -0.15) is 9.40 Å². The fourth-order valence-corrected chi connectivity index (χ4v) is 6.86. The molecule has 1 saturated heterocycles. The Bertz CT molecular complexity index is 1580. The number of benzene rings is 1. The van der Waals surface area contributed by atoms with E-state index in [1.54, 1.807) is 23.0 Å². The van der Waals surface area contributed by atoms with E-state index in [0.717, 1.165) is 76.2 Å². The first-order valence-corrected chi connectivity index (χ1v) is 16.1. The smallest absolute Gasteiger partial charge is 0.243 e. The highest BCUT2D eigenvalue weighted by atomic mass is 32.2. The zero-order valence-corrected chi connectivity index (χ0v) is 24.0. The standard InChI is InChI=1S/C26H34N8O4S2/c1-40(37,38)34-13-11-33(12-14-34)17-18-15-22-24(39-18)26(27-10-5-3-2-4-9-23(35)32-36)30-25(29-22)19-7-6-8-21-20(19)16-28-31-21/h6-8,15-16,36H,2-5,9-14,17H2,1H3,(H,28,31)(H,32,35)(H,27,29,30). The van der Waals surface area contributed by atoms with Crippen molar-refractivity contribution in [2.24, 2.45) is 0 Å². The lowest BCUT2D eigenvalue weighted by atomic mass is 10.1. The Morgan fingerprint density at radius 3 is 2.70 bits per heavy atom. The summed E-state index contributed by atoms with van der Waals surface area (Å²) in [7, 11) is -3.16. The van der Waals surface area contributed by atoms with Crippen molar-refractivity contribution in [3.05, 3.63) is 35.3 Å². The number of carbonyl (C=O) groups is 1. The summed E-state index contributed by atoms with van der Waals surface area (Å²) in [4.78, 5) is 24.5. The molecule has 14 heteroatoms. The number of thiophene rings is 1. The first-order chi connectivity index (χ1) is 19.3. The molecule has 0 unspecified atom stereocenters. The second-order valence-corrected chi connectivity index (χ2v) is 13.1. The molecule has 0 atom stereocenters. The van der Waals surface area contributed by atoms with E-state index in [0.29, 0.717) is 38.4 Å². The average Bonchev–Trinajstić information content (AvgIpc) is 3.58. The number of hydrogen-bond donors (Lipinski definition) is 4. The molecule has 5 rings (SSSR count). The Morgan fingerprint density at radius 2 is 1.93 bits per heavy atom. The minimum atomic E-state index is -3.16. The number of sulfonamides is 1. The van der Waals surface area contributed by atoms with Crippen LogP contribution in [-0.2, 0) is 21.4 Å². The van der Waals surface area contributed by atoms with Crippen LogP contribution in [-0.4, -0.2) is 87.9 Å². The topological polar surface area (TPSA) is 156 Å². The SMILES string of the molecule is CS(=O)(=O)N1CCN(Cc2cc3nc(-c4cccc5[nH]ncc45)nc(NCCCCCCC(=O)NO)c3s2)CC1. The lowest BCUT2D eigenvalue weighted by Crippen LogP contribution is -2.47. The molecule has 1 amide bonds. The number of aromatic amines is 1. The Balaban J connectivity index is 1.33. The maximum Gasteiger partial charge on any atom is 0.243 e. The van der Waals surface area contributed by atoms with Crippen LogP contribution < -0.4 is 10.8 Å². The second kappa shape index (κ2) is 12.6. The predicted octanol–water partition coefficient (Wildman–Crippen LogP) is 3.18. The van der Waals surface area contributed by atoms with Gasteiger partial charge in [0.1, 0.15) is 5.82 Å². The summed E-state index contributed by atoms with van der Waals surface area (Å²) in [5.41, 5.74) is 4.37. The molecule has 0 bridgehead atoms. The number of hydroxylamine groups is 1. The normalized spacial score (nSPS) is 15.2. The minimum absolute atomic E-state index is 0.320. The van der Waals surface area contributed by atoms with Gasteiger partial charge in [-0.15, -0.1) is 11.3 Å². The van der Waals surface area contributed by atoms with E-state index in [4.69, 9.17) is 15.2 Å². The monoisotopic (exact) mass is 586 g/mol. The number of amides is 1. The fraction of sp³-hybridized carbons (Fsp3) is 0.462. The summed E-state index contributed by atoms with van der Waals surface area (Å²) < 4.78 is 26.3. The Kier molecular flexibility index (Phi) is 8.90. The van der Waals surface area contributed by atoms with Crippen molar-refractivity contribution in [1.29, 1.82) is 0 Å². The molecule has 1 aliphatic rings. The number of nitrogens with zero attached hydrogens (tertiary/aromatic N) is 5. The van der Waals surface area contributed by atoms with E-state index in [1.165, 1.54) is 10.6 Å². The Morgan fingerprint density at radius 1 is 1.12 bits per heavy atom. The number of piperazine rings is 1. The Labute approximate surface area is 236 Å². The average molecular weight is 587 g/mol. The molecule has 1 fully saturated rings.